The second-order valence-corrected chi connectivity index (χ2v) is 4.92. The Balaban J connectivity index is 2.49. The number of nitrogens with one attached hydrogen (secondary N) is 1. The summed E-state index contributed by atoms with van der Waals surface area (Å²) < 4.78 is 0. The molecule has 1 N–H and O–H groups in total. The van der Waals surface area contributed by atoms with Crippen molar-refractivity contribution in [3.8, 4) is 0 Å². The molecule has 1 heterocycles. The molecule has 1 aromatic heterocycles. The maximum atomic E-state index is 4.36. The van der Waals surface area contributed by atoms with Gasteiger partial charge in [0.15, 0.2) is 5.16 Å². The maximum Gasteiger partial charge on any atom is 0.187 e. The average molecular weight is 225 g/mol. The van der Waals surface area contributed by atoms with E-state index in [1.54, 1.807) is 11.8 Å². The number of aryl methyl sites for hydroxylation is 1. The predicted octanol–water partition coefficient (Wildman–Crippen LogP) is 2.12. The minimum Gasteiger partial charge on any atom is -0.316 e. The van der Waals surface area contributed by atoms with Gasteiger partial charge >= 0.3 is 0 Å². The van der Waals surface area contributed by atoms with E-state index in [9.17, 15) is 0 Å². The van der Waals surface area contributed by atoms with Gasteiger partial charge < -0.3 is 5.32 Å². The molecule has 0 radical (unpaired) electrons. The van der Waals surface area contributed by atoms with Crippen molar-refractivity contribution in [2.24, 2.45) is 5.92 Å². The van der Waals surface area contributed by atoms with E-state index in [0.29, 0.717) is 12.0 Å². The molecule has 0 aliphatic rings. The molecule has 84 valence electrons. The molecule has 1 aromatic rings. The zero-order valence-corrected chi connectivity index (χ0v) is 10.6. The van der Waals surface area contributed by atoms with Gasteiger partial charge in [0.25, 0.3) is 0 Å². The number of rotatable bonds is 5. The molecule has 1 atom stereocenters. The van der Waals surface area contributed by atoms with Crippen LogP contribution in [0.25, 0.3) is 0 Å². The Morgan fingerprint density at radius 1 is 1.47 bits per heavy atom. The summed E-state index contributed by atoms with van der Waals surface area (Å²) in [6.07, 6.45) is 1.81. The van der Waals surface area contributed by atoms with E-state index >= 15 is 0 Å². The Bertz CT molecular complexity index is 302. The summed E-state index contributed by atoms with van der Waals surface area (Å²) in [7, 11) is 2.00. The Kier molecular flexibility index (Phi) is 5.05. The summed E-state index contributed by atoms with van der Waals surface area (Å²) in [5, 5.41) is 4.18. The zero-order chi connectivity index (χ0) is 11.3. The Labute approximate surface area is 96.1 Å². The molecule has 15 heavy (non-hydrogen) atoms. The molecular weight excluding hydrogens is 206 g/mol. The van der Waals surface area contributed by atoms with Gasteiger partial charge in [-0.1, -0.05) is 25.6 Å². The molecule has 0 aliphatic heterocycles. The minimum atomic E-state index is 0.513. The molecule has 0 fully saturated rings. The monoisotopic (exact) mass is 225 g/mol. The van der Waals surface area contributed by atoms with Crippen molar-refractivity contribution < 1.29 is 0 Å². The minimum absolute atomic E-state index is 0.513. The van der Waals surface area contributed by atoms with E-state index in [4.69, 9.17) is 0 Å². The molecule has 0 spiro atoms. The van der Waals surface area contributed by atoms with Crippen LogP contribution in [0.5, 0.6) is 0 Å². The molecule has 1 unspecified atom stereocenters. The SMILES string of the molecule is CNC(CSc1nccc(C)n1)C(C)C. The standard InChI is InChI=1S/C11H19N3S/c1-8(2)10(12-4)7-15-11-13-6-5-9(3)14-11/h5-6,8,10,12H,7H2,1-4H3. The number of hydrogen-bond donors (Lipinski definition) is 1. The first-order chi connectivity index (χ1) is 7.13. The van der Waals surface area contributed by atoms with Crippen LogP contribution in [0, 0.1) is 12.8 Å². The van der Waals surface area contributed by atoms with Crippen LogP contribution in [0.4, 0.5) is 0 Å². The van der Waals surface area contributed by atoms with Gasteiger partial charge in [-0.25, -0.2) is 9.97 Å². The van der Waals surface area contributed by atoms with Crippen LogP contribution in [0.15, 0.2) is 17.4 Å². The first-order valence-electron chi connectivity index (χ1n) is 5.23. The van der Waals surface area contributed by atoms with Crippen molar-refractivity contribution in [3.05, 3.63) is 18.0 Å². The molecule has 0 bridgehead atoms. The molecule has 1 rings (SSSR count). The fourth-order valence-electron chi connectivity index (χ4n) is 1.27. The van der Waals surface area contributed by atoms with Crippen LogP contribution in [0.1, 0.15) is 19.5 Å². The molecule has 0 amide bonds. The molecule has 4 heteroatoms. The van der Waals surface area contributed by atoms with Gasteiger partial charge in [-0.15, -0.1) is 0 Å². The smallest absolute Gasteiger partial charge is 0.187 e. The quantitative estimate of drug-likeness (QED) is 0.615. The third kappa shape index (κ3) is 4.18. The van der Waals surface area contributed by atoms with Crippen LogP contribution >= 0.6 is 11.8 Å². The molecule has 0 aromatic carbocycles. The maximum absolute atomic E-state index is 4.36. The normalized spacial score (nSPS) is 13.1. The topological polar surface area (TPSA) is 37.8 Å². The molecule has 0 aliphatic carbocycles. The van der Waals surface area contributed by atoms with Crippen molar-refractivity contribution in [2.45, 2.75) is 32.0 Å². The summed E-state index contributed by atoms with van der Waals surface area (Å²) in [6, 6.07) is 2.43. The first kappa shape index (κ1) is 12.5. The van der Waals surface area contributed by atoms with Crippen LogP contribution in [0.3, 0.4) is 0 Å². The van der Waals surface area contributed by atoms with Crippen LogP contribution < -0.4 is 5.32 Å². The molecule has 3 nitrogen and oxygen atoms in total. The number of hydrogen-bond acceptors (Lipinski definition) is 4. The summed E-state index contributed by atoms with van der Waals surface area (Å²) in [5.74, 6) is 1.64. The first-order valence-corrected chi connectivity index (χ1v) is 6.21. The highest BCUT2D eigenvalue weighted by atomic mass is 32.2. The van der Waals surface area contributed by atoms with Gasteiger partial charge in [0, 0.05) is 23.7 Å². The van der Waals surface area contributed by atoms with Crippen molar-refractivity contribution in [2.75, 3.05) is 12.8 Å². The summed E-state index contributed by atoms with van der Waals surface area (Å²) in [4.78, 5) is 8.59. The van der Waals surface area contributed by atoms with Crippen molar-refractivity contribution >= 4 is 11.8 Å². The third-order valence-electron chi connectivity index (χ3n) is 2.34. The molecule has 0 saturated heterocycles. The second-order valence-electron chi connectivity index (χ2n) is 3.93. The second kappa shape index (κ2) is 6.08. The Morgan fingerprint density at radius 3 is 2.73 bits per heavy atom. The van der Waals surface area contributed by atoms with Crippen molar-refractivity contribution in [3.63, 3.8) is 0 Å². The lowest BCUT2D eigenvalue weighted by Gasteiger charge is -2.18. The highest BCUT2D eigenvalue weighted by Gasteiger charge is 2.11. The van der Waals surface area contributed by atoms with Crippen LogP contribution in [-0.2, 0) is 0 Å². The van der Waals surface area contributed by atoms with Crippen molar-refractivity contribution in [1.29, 1.82) is 0 Å². The van der Waals surface area contributed by atoms with Crippen molar-refractivity contribution in [1.82, 2.24) is 15.3 Å². The Hall–Kier alpha value is -0.610. The van der Waals surface area contributed by atoms with Crippen LogP contribution in [-0.4, -0.2) is 28.8 Å². The third-order valence-corrected chi connectivity index (χ3v) is 3.32. The summed E-state index contributed by atoms with van der Waals surface area (Å²) in [5.41, 5.74) is 1.03. The van der Waals surface area contributed by atoms with E-state index < -0.39 is 0 Å². The van der Waals surface area contributed by atoms with Crippen LogP contribution in [0.2, 0.25) is 0 Å². The lowest BCUT2D eigenvalue weighted by molar-refractivity contribution is 0.465. The fraction of sp³-hybridized carbons (Fsp3) is 0.636. The van der Waals surface area contributed by atoms with Gasteiger partial charge in [0.1, 0.15) is 0 Å². The largest absolute Gasteiger partial charge is 0.316 e. The van der Waals surface area contributed by atoms with E-state index in [2.05, 4.69) is 29.1 Å². The van der Waals surface area contributed by atoms with Gasteiger partial charge in [-0.2, -0.15) is 0 Å². The van der Waals surface area contributed by atoms with E-state index in [1.165, 1.54) is 0 Å². The summed E-state index contributed by atoms with van der Waals surface area (Å²) in [6.45, 7) is 6.43. The average Bonchev–Trinajstić information content (AvgIpc) is 2.18. The molecular formula is C11H19N3S. The number of aromatic nitrogens is 2. The number of thioether (sulfide) groups is 1. The van der Waals surface area contributed by atoms with Gasteiger partial charge in [0.2, 0.25) is 0 Å². The van der Waals surface area contributed by atoms with Gasteiger partial charge in [-0.3, -0.25) is 0 Å². The predicted molar refractivity (Wildman–Crippen MR) is 65.2 cm³/mol. The van der Waals surface area contributed by atoms with E-state index in [1.807, 2.05) is 26.2 Å². The molecule has 0 saturated carbocycles. The highest BCUT2D eigenvalue weighted by molar-refractivity contribution is 7.99. The number of nitrogens with zero attached hydrogens (tertiary/aromatic N) is 2. The Morgan fingerprint density at radius 2 is 2.20 bits per heavy atom. The van der Waals surface area contributed by atoms with Gasteiger partial charge in [-0.05, 0) is 26.0 Å². The lowest BCUT2D eigenvalue weighted by atomic mass is 10.1. The van der Waals surface area contributed by atoms with E-state index in [-0.39, 0.29) is 0 Å². The summed E-state index contributed by atoms with van der Waals surface area (Å²) >= 11 is 1.71. The lowest BCUT2D eigenvalue weighted by Crippen LogP contribution is -2.32. The fourth-order valence-corrected chi connectivity index (χ4v) is 2.49. The zero-order valence-electron chi connectivity index (χ0n) is 9.82. The van der Waals surface area contributed by atoms with Gasteiger partial charge in [0.05, 0.1) is 0 Å². The highest BCUT2D eigenvalue weighted by Crippen LogP contribution is 2.16. The van der Waals surface area contributed by atoms with E-state index in [0.717, 1.165) is 16.6 Å².